The molecule has 0 saturated carbocycles. The summed E-state index contributed by atoms with van der Waals surface area (Å²) in [5.41, 5.74) is 1.50. The third-order valence-electron chi connectivity index (χ3n) is 3.35. The lowest BCUT2D eigenvalue weighted by Gasteiger charge is -2.38. The maximum absolute atomic E-state index is 11.7. The third kappa shape index (κ3) is 4.53. The van der Waals surface area contributed by atoms with E-state index < -0.39 is 0 Å². The van der Waals surface area contributed by atoms with Gasteiger partial charge in [0.1, 0.15) is 5.78 Å². The molecule has 0 aromatic rings. The third-order valence-corrected chi connectivity index (χ3v) is 3.35. The lowest BCUT2D eigenvalue weighted by molar-refractivity contribution is -0.118. The molecule has 0 bridgehead atoms. The highest BCUT2D eigenvalue weighted by molar-refractivity contribution is 5.80. The minimum atomic E-state index is 0.247. The Morgan fingerprint density at radius 2 is 2.12 bits per heavy atom. The topological polar surface area (TPSA) is 20.3 Å². The van der Waals surface area contributed by atoms with Crippen molar-refractivity contribution in [2.75, 3.05) is 13.1 Å². The van der Waals surface area contributed by atoms with E-state index in [0.29, 0.717) is 24.5 Å². The largest absolute Gasteiger partial charge is 0.374 e. The molecule has 2 heteroatoms. The SMILES string of the molecule is CCC(=O)CC1=CC(C)(C)CCN1CC(C)C. The van der Waals surface area contributed by atoms with Crippen molar-refractivity contribution in [1.29, 1.82) is 0 Å². The van der Waals surface area contributed by atoms with Gasteiger partial charge >= 0.3 is 0 Å². The number of nitrogens with zero attached hydrogens (tertiary/aromatic N) is 1. The van der Waals surface area contributed by atoms with Crippen molar-refractivity contribution < 1.29 is 4.79 Å². The summed E-state index contributed by atoms with van der Waals surface area (Å²) in [4.78, 5) is 14.1. The van der Waals surface area contributed by atoms with E-state index >= 15 is 0 Å². The summed E-state index contributed by atoms with van der Waals surface area (Å²) in [5.74, 6) is 0.999. The second-order valence-corrected chi connectivity index (χ2v) is 6.28. The maximum atomic E-state index is 11.7. The van der Waals surface area contributed by atoms with Gasteiger partial charge in [0.15, 0.2) is 0 Å². The molecule has 0 saturated heterocycles. The molecular weight excluding hydrogens is 210 g/mol. The van der Waals surface area contributed by atoms with Crippen LogP contribution in [0.4, 0.5) is 0 Å². The fourth-order valence-electron chi connectivity index (χ4n) is 2.32. The minimum absolute atomic E-state index is 0.247. The molecule has 1 rings (SSSR count). The van der Waals surface area contributed by atoms with Crippen LogP contribution in [0.1, 0.15) is 53.9 Å². The first-order valence-corrected chi connectivity index (χ1v) is 6.82. The molecule has 0 spiro atoms. The van der Waals surface area contributed by atoms with Gasteiger partial charge in [-0.05, 0) is 17.8 Å². The molecule has 0 radical (unpaired) electrons. The van der Waals surface area contributed by atoms with E-state index in [1.54, 1.807) is 0 Å². The van der Waals surface area contributed by atoms with E-state index in [1.165, 1.54) is 12.1 Å². The Morgan fingerprint density at radius 3 is 2.65 bits per heavy atom. The first-order chi connectivity index (χ1) is 7.84. The molecule has 0 N–H and O–H groups in total. The number of hydrogen-bond acceptors (Lipinski definition) is 2. The van der Waals surface area contributed by atoms with Crippen LogP contribution in [0.5, 0.6) is 0 Å². The molecule has 1 aliphatic rings. The zero-order chi connectivity index (χ0) is 13.1. The number of carbonyl (C=O) groups excluding carboxylic acids is 1. The molecule has 2 nitrogen and oxygen atoms in total. The Hall–Kier alpha value is -0.790. The highest BCUT2D eigenvalue weighted by atomic mass is 16.1. The summed E-state index contributed by atoms with van der Waals surface area (Å²) in [5, 5.41) is 0. The van der Waals surface area contributed by atoms with Gasteiger partial charge in [-0.25, -0.2) is 0 Å². The molecule has 0 atom stereocenters. The zero-order valence-electron chi connectivity index (χ0n) is 12.0. The van der Waals surface area contributed by atoms with Gasteiger partial charge in [-0.3, -0.25) is 4.79 Å². The van der Waals surface area contributed by atoms with Crippen molar-refractivity contribution in [3.63, 3.8) is 0 Å². The number of rotatable bonds is 5. The lowest BCUT2D eigenvalue weighted by atomic mass is 9.84. The van der Waals surface area contributed by atoms with Crippen LogP contribution < -0.4 is 0 Å². The molecule has 0 aliphatic carbocycles. The monoisotopic (exact) mass is 237 g/mol. The van der Waals surface area contributed by atoms with Crippen molar-refractivity contribution in [3.8, 4) is 0 Å². The van der Waals surface area contributed by atoms with Gasteiger partial charge in [0.2, 0.25) is 0 Å². The second-order valence-electron chi connectivity index (χ2n) is 6.28. The molecular formula is C15H27NO. The molecule has 1 heterocycles. The fourth-order valence-corrected chi connectivity index (χ4v) is 2.32. The van der Waals surface area contributed by atoms with Crippen LogP contribution in [-0.2, 0) is 4.79 Å². The van der Waals surface area contributed by atoms with Gasteiger partial charge < -0.3 is 4.90 Å². The second kappa shape index (κ2) is 5.70. The van der Waals surface area contributed by atoms with Crippen LogP contribution in [0.3, 0.4) is 0 Å². The van der Waals surface area contributed by atoms with E-state index in [2.05, 4.69) is 38.7 Å². The van der Waals surface area contributed by atoms with E-state index in [-0.39, 0.29) is 5.41 Å². The Morgan fingerprint density at radius 1 is 1.47 bits per heavy atom. The summed E-state index contributed by atoms with van der Waals surface area (Å²) < 4.78 is 0. The van der Waals surface area contributed by atoms with Crippen LogP contribution in [0.2, 0.25) is 0 Å². The Balaban J connectivity index is 2.80. The van der Waals surface area contributed by atoms with Crippen LogP contribution in [0, 0.1) is 11.3 Å². The van der Waals surface area contributed by atoms with E-state index in [1.807, 2.05) is 6.92 Å². The van der Waals surface area contributed by atoms with Crippen LogP contribution in [-0.4, -0.2) is 23.8 Å². The van der Waals surface area contributed by atoms with Crippen LogP contribution in [0.25, 0.3) is 0 Å². The van der Waals surface area contributed by atoms with E-state index in [0.717, 1.165) is 13.1 Å². The smallest absolute Gasteiger partial charge is 0.138 e. The van der Waals surface area contributed by atoms with Crippen molar-refractivity contribution in [2.24, 2.45) is 11.3 Å². The number of allylic oxidation sites excluding steroid dienone is 2. The quantitative estimate of drug-likeness (QED) is 0.728. The Labute approximate surface area is 106 Å². The minimum Gasteiger partial charge on any atom is -0.374 e. The average Bonchev–Trinajstić information content (AvgIpc) is 2.21. The van der Waals surface area contributed by atoms with Crippen LogP contribution in [0.15, 0.2) is 11.8 Å². The van der Waals surface area contributed by atoms with Crippen molar-refractivity contribution in [2.45, 2.75) is 53.9 Å². The van der Waals surface area contributed by atoms with Crippen LogP contribution >= 0.6 is 0 Å². The maximum Gasteiger partial charge on any atom is 0.138 e. The zero-order valence-corrected chi connectivity index (χ0v) is 12.0. The summed E-state index contributed by atoms with van der Waals surface area (Å²) >= 11 is 0. The Kier molecular flexibility index (Phi) is 4.79. The first-order valence-electron chi connectivity index (χ1n) is 6.82. The number of carbonyl (C=O) groups is 1. The fraction of sp³-hybridized carbons (Fsp3) is 0.800. The summed E-state index contributed by atoms with van der Waals surface area (Å²) in [6.45, 7) is 13.1. The summed E-state index contributed by atoms with van der Waals surface area (Å²) in [6, 6.07) is 0. The number of hydrogen-bond donors (Lipinski definition) is 0. The molecule has 0 aromatic heterocycles. The van der Waals surface area contributed by atoms with Crippen molar-refractivity contribution in [1.82, 2.24) is 4.90 Å². The predicted octanol–water partition coefficient (Wildman–Crippen LogP) is 3.63. The molecule has 0 fully saturated rings. The van der Waals surface area contributed by atoms with Crippen molar-refractivity contribution >= 4 is 5.78 Å². The standard InChI is InChI=1S/C15H27NO/c1-6-14(17)9-13-10-15(4,5)7-8-16(13)11-12(2)3/h10,12H,6-9,11H2,1-5H3. The van der Waals surface area contributed by atoms with Gasteiger partial charge in [0, 0.05) is 31.6 Å². The molecule has 0 amide bonds. The summed E-state index contributed by atoms with van der Waals surface area (Å²) in [6.07, 6.45) is 4.76. The average molecular weight is 237 g/mol. The van der Waals surface area contributed by atoms with Gasteiger partial charge in [0.25, 0.3) is 0 Å². The van der Waals surface area contributed by atoms with E-state index in [4.69, 9.17) is 0 Å². The summed E-state index contributed by atoms with van der Waals surface area (Å²) in [7, 11) is 0. The van der Waals surface area contributed by atoms with Gasteiger partial charge in [-0.1, -0.05) is 40.7 Å². The van der Waals surface area contributed by atoms with Crippen molar-refractivity contribution in [3.05, 3.63) is 11.8 Å². The van der Waals surface area contributed by atoms with E-state index in [9.17, 15) is 4.79 Å². The molecule has 98 valence electrons. The number of ketones is 1. The highest BCUT2D eigenvalue weighted by Gasteiger charge is 2.26. The first kappa shape index (κ1) is 14.3. The molecule has 1 aliphatic heterocycles. The number of Topliss-reactive ketones (excluding diaryl/α,β-unsaturated/α-hetero) is 1. The normalized spacial score (nSPS) is 19.4. The molecule has 17 heavy (non-hydrogen) atoms. The highest BCUT2D eigenvalue weighted by Crippen LogP contribution is 2.32. The van der Waals surface area contributed by atoms with Gasteiger partial charge in [-0.15, -0.1) is 0 Å². The van der Waals surface area contributed by atoms with Gasteiger partial charge in [-0.2, -0.15) is 0 Å². The molecule has 0 aromatic carbocycles. The van der Waals surface area contributed by atoms with Gasteiger partial charge in [0.05, 0.1) is 0 Å². The lowest BCUT2D eigenvalue weighted by Crippen LogP contribution is -2.36. The predicted molar refractivity (Wildman–Crippen MR) is 72.8 cm³/mol. The molecule has 0 unspecified atom stereocenters. The Bertz CT molecular complexity index is 302.